The van der Waals surface area contributed by atoms with Gasteiger partial charge in [-0.1, -0.05) is 5.16 Å². The van der Waals surface area contributed by atoms with Gasteiger partial charge in [0.05, 0.1) is 5.69 Å². The average molecular weight is 325 g/mol. The second-order valence-corrected chi connectivity index (χ2v) is 5.89. The van der Waals surface area contributed by atoms with Crippen molar-refractivity contribution in [3.05, 3.63) is 48.1 Å². The summed E-state index contributed by atoms with van der Waals surface area (Å²) >= 11 is 0. The van der Waals surface area contributed by atoms with Crippen LogP contribution in [0.1, 0.15) is 11.5 Å². The van der Waals surface area contributed by atoms with Crippen molar-refractivity contribution in [1.82, 2.24) is 30.0 Å². The second kappa shape index (κ2) is 6.40. The Bertz CT molecular complexity index is 773. The Morgan fingerprint density at radius 1 is 1.08 bits per heavy atom. The van der Waals surface area contributed by atoms with Crippen LogP contribution in [-0.4, -0.2) is 56.2 Å². The van der Waals surface area contributed by atoms with Crippen molar-refractivity contribution < 1.29 is 4.52 Å². The molecule has 1 aliphatic heterocycles. The van der Waals surface area contributed by atoms with Gasteiger partial charge in [0.15, 0.2) is 11.6 Å². The third-order valence-electron chi connectivity index (χ3n) is 4.13. The lowest BCUT2D eigenvalue weighted by Crippen LogP contribution is -2.46. The maximum atomic E-state index is 5.13. The van der Waals surface area contributed by atoms with Crippen LogP contribution in [0.5, 0.6) is 0 Å². The van der Waals surface area contributed by atoms with Crippen LogP contribution in [0, 0.1) is 6.92 Å². The van der Waals surface area contributed by atoms with E-state index in [0.717, 1.165) is 55.8 Å². The van der Waals surface area contributed by atoms with Crippen LogP contribution in [0.3, 0.4) is 0 Å². The molecule has 1 saturated heterocycles. The maximum absolute atomic E-state index is 5.13. The highest BCUT2D eigenvalue weighted by atomic mass is 16.5. The zero-order valence-corrected chi connectivity index (χ0v) is 13.5. The van der Waals surface area contributed by atoms with Crippen molar-refractivity contribution >= 4 is 5.82 Å². The largest absolute Gasteiger partial charge is 0.361 e. The summed E-state index contributed by atoms with van der Waals surface area (Å²) in [6.45, 7) is 6.53. The van der Waals surface area contributed by atoms with Crippen LogP contribution in [0.15, 0.2) is 41.2 Å². The molecule has 24 heavy (non-hydrogen) atoms. The lowest BCUT2D eigenvalue weighted by atomic mass is 10.2. The minimum atomic E-state index is 0.726. The van der Waals surface area contributed by atoms with Crippen molar-refractivity contribution in [3.63, 3.8) is 0 Å². The Hall–Kier alpha value is -2.74. The maximum Gasteiger partial charge on any atom is 0.175 e. The van der Waals surface area contributed by atoms with Crippen LogP contribution in [0.2, 0.25) is 0 Å². The van der Waals surface area contributed by atoms with E-state index in [9.17, 15) is 0 Å². The molecule has 4 rings (SSSR count). The summed E-state index contributed by atoms with van der Waals surface area (Å²) in [6.07, 6.45) is 3.58. The standard InChI is InChI=1S/C16H19N7O/c1-13-11-14(20-24-13)12-21-7-9-22(10-8-21)15-3-4-16(19-18-15)23-6-2-5-17-23/h2-6,11H,7-10,12H2,1H3. The molecule has 3 aromatic heterocycles. The van der Waals surface area contributed by atoms with E-state index >= 15 is 0 Å². The fourth-order valence-electron chi connectivity index (χ4n) is 2.87. The topological polar surface area (TPSA) is 76.1 Å². The molecule has 0 radical (unpaired) electrons. The summed E-state index contributed by atoms with van der Waals surface area (Å²) in [6, 6.07) is 7.80. The molecule has 3 aromatic rings. The van der Waals surface area contributed by atoms with Crippen molar-refractivity contribution in [2.24, 2.45) is 0 Å². The van der Waals surface area contributed by atoms with E-state index in [0.29, 0.717) is 0 Å². The highest BCUT2D eigenvalue weighted by molar-refractivity contribution is 5.40. The molecule has 1 fully saturated rings. The van der Waals surface area contributed by atoms with Crippen LogP contribution in [0.25, 0.3) is 5.82 Å². The van der Waals surface area contributed by atoms with Gasteiger partial charge < -0.3 is 9.42 Å². The Kier molecular flexibility index (Phi) is 3.96. The summed E-state index contributed by atoms with van der Waals surface area (Å²) in [4.78, 5) is 4.63. The summed E-state index contributed by atoms with van der Waals surface area (Å²) < 4.78 is 6.83. The van der Waals surface area contributed by atoms with Gasteiger partial charge in [0.1, 0.15) is 5.76 Å². The number of rotatable bonds is 4. The molecule has 0 aromatic carbocycles. The number of piperazine rings is 1. The third-order valence-corrected chi connectivity index (χ3v) is 4.13. The van der Waals surface area contributed by atoms with Gasteiger partial charge in [-0.3, -0.25) is 4.90 Å². The first-order chi connectivity index (χ1) is 11.8. The van der Waals surface area contributed by atoms with Crippen LogP contribution in [0.4, 0.5) is 5.82 Å². The summed E-state index contributed by atoms with van der Waals surface area (Å²) in [5, 5.41) is 16.8. The second-order valence-electron chi connectivity index (χ2n) is 5.89. The summed E-state index contributed by atoms with van der Waals surface area (Å²) in [5.74, 6) is 2.49. The molecule has 0 spiro atoms. The SMILES string of the molecule is Cc1cc(CN2CCN(c3ccc(-n4cccn4)nn3)CC2)no1. The van der Waals surface area contributed by atoms with Gasteiger partial charge in [0.25, 0.3) is 0 Å². The van der Waals surface area contributed by atoms with Crippen molar-refractivity contribution in [2.45, 2.75) is 13.5 Å². The van der Waals surface area contributed by atoms with Gasteiger partial charge in [-0.2, -0.15) is 5.10 Å². The molecule has 0 atom stereocenters. The van der Waals surface area contributed by atoms with Crippen LogP contribution in [-0.2, 0) is 6.54 Å². The molecule has 4 heterocycles. The molecule has 8 nitrogen and oxygen atoms in total. The summed E-state index contributed by atoms with van der Waals surface area (Å²) in [5.41, 5.74) is 0.990. The number of nitrogens with zero attached hydrogens (tertiary/aromatic N) is 7. The van der Waals surface area contributed by atoms with Crippen LogP contribution < -0.4 is 4.90 Å². The Morgan fingerprint density at radius 3 is 2.50 bits per heavy atom. The Balaban J connectivity index is 1.35. The van der Waals surface area contributed by atoms with Gasteiger partial charge in [-0.25, -0.2) is 4.68 Å². The first-order valence-corrected chi connectivity index (χ1v) is 8.01. The van der Waals surface area contributed by atoms with E-state index in [-0.39, 0.29) is 0 Å². The average Bonchev–Trinajstić information content (AvgIpc) is 3.28. The van der Waals surface area contributed by atoms with Gasteiger partial charge in [0.2, 0.25) is 0 Å². The van der Waals surface area contributed by atoms with Gasteiger partial charge >= 0.3 is 0 Å². The molecule has 8 heteroatoms. The predicted molar refractivity (Wildman–Crippen MR) is 87.9 cm³/mol. The first kappa shape index (κ1) is 14.8. The molecule has 0 saturated carbocycles. The first-order valence-electron chi connectivity index (χ1n) is 8.01. The van der Waals surface area contributed by atoms with E-state index in [2.05, 4.69) is 30.3 Å². The third kappa shape index (κ3) is 3.13. The number of anilines is 1. The predicted octanol–water partition coefficient (Wildman–Crippen LogP) is 1.28. The smallest absolute Gasteiger partial charge is 0.175 e. The van der Waals surface area contributed by atoms with Gasteiger partial charge in [-0.05, 0) is 25.1 Å². The highest BCUT2D eigenvalue weighted by Gasteiger charge is 2.19. The van der Waals surface area contributed by atoms with Crippen LogP contribution >= 0.6 is 0 Å². The number of hydrogen-bond donors (Lipinski definition) is 0. The number of aromatic nitrogens is 5. The van der Waals surface area contributed by atoms with Gasteiger partial charge in [0, 0.05) is 51.2 Å². The quantitative estimate of drug-likeness (QED) is 0.715. The minimum absolute atomic E-state index is 0.726. The molecule has 0 amide bonds. The molecular weight excluding hydrogens is 306 g/mol. The molecule has 0 unspecified atom stereocenters. The minimum Gasteiger partial charge on any atom is -0.361 e. The normalized spacial score (nSPS) is 15.8. The van der Waals surface area contributed by atoms with Crippen molar-refractivity contribution in [1.29, 1.82) is 0 Å². The number of hydrogen-bond acceptors (Lipinski definition) is 7. The van der Waals surface area contributed by atoms with Crippen molar-refractivity contribution in [2.75, 3.05) is 31.1 Å². The molecule has 124 valence electrons. The van der Waals surface area contributed by atoms with E-state index in [4.69, 9.17) is 4.52 Å². The molecule has 0 aliphatic carbocycles. The van der Waals surface area contributed by atoms with E-state index < -0.39 is 0 Å². The van der Waals surface area contributed by atoms with Gasteiger partial charge in [-0.15, -0.1) is 10.2 Å². The lowest BCUT2D eigenvalue weighted by molar-refractivity contribution is 0.241. The Labute approximate surface area is 139 Å². The van der Waals surface area contributed by atoms with E-state index in [1.807, 2.05) is 37.4 Å². The van der Waals surface area contributed by atoms with E-state index in [1.165, 1.54) is 0 Å². The zero-order valence-electron chi connectivity index (χ0n) is 13.5. The monoisotopic (exact) mass is 325 g/mol. The fourth-order valence-corrected chi connectivity index (χ4v) is 2.87. The fraction of sp³-hybridized carbons (Fsp3) is 0.375. The zero-order chi connectivity index (χ0) is 16.4. The molecule has 0 bridgehead atoms. The molecular formula is C16H19N7O. The summed E-state index contributed by atoms with van der Waals surface area (Å²) in [7, 11) is 0. The molecule has 0 N–H and O–H groups in total. The molecule has 1 aliphatic rings. The van der Waals surface area contributed by atoms with Crippen molar-refractivity contribution in [3.8, 4) is 5.82 Å². The highest BCUT2D eigenvalue weighted by Crippen LogP contribution is 2.15. The lowest BCUT2D eigenvalue weighted by Gasteiger charge is -2.34. The number of aryl methyl sites for hydroxylation is 1. The van der Waals surface area contributed by atoms with E-state index in [1.54, 1.807) is 10.9 Å². The Morgan fingerprint density at radius 2 is 1.88 bits per heavy atom.